The van der Waals surface area contributed by atoms with Crippen LogP contribution in [-0.4, -0.2) is 0 Å². The third-order valence-corrected chi connectivity index (χ3v) is 13.2. The average Bonchev–Trinajstić information content (AvgIpc) is 3.73. The van der Waals surface area contributed by atoms with E-state index in [1.807, 2.05) is 11.3 Å². The minimum Gasteiger partial charge on any atom is -0.454 e. The number of nitrogens with zero attached hydrogens (tertiary/aromatic N) is 2. The summed E-state index contributed by atoms with van der Waals surface area (Å²) in [7, 11) is 0. The van der Waals surface area contributed by atoms with Crippen LogP contribution in [0, 0.1) is 0 Å². The molecule has 0 atom stereocenters. The second kappa shape index (κ2) is 15.0. The van der Waals surface area contributed by atoms with Crippen LogP contribution in [-0.2, 0) is 0 Å². The van der Waals surface area contributed by atoms with Gasteiger partial charge in [0.1, 0.15) is 5.75 Å². The van der Waals surface area contributed by atoms with Gasteiger partial charge in [-0.05, 0) is 99.9 Å². The molecule has 11 aromatic rings. The van der Waals surface area contributed by atoms with Crippen LogP contribution in [0.2, 0.25) is 0 Å². The van der Waals surface area contributed by atoms with Gasteiger partial charge in [0.2, 0.25) is 0 Å². The predicted octanol–water partition coefficient (Wildman–Crippen LogP) is 17.3. The Morgan fingerprint density at radius 3 is 1.63 bits per heavy atom. The molecule has 1 aromatic heterocycles. The normalized spacial score (nSPS) is 11.7. The largest absolute Gasteiger partial charge is 0.454 e. The van der Waals surface area contributed by atoms with Crippen molar-refractivity contribution in [3.8, 4) is 44.9 Å². The number of rotatable bonds is 8. The van der Waals surface area contributed by atoms with Gasteiger partial charge in [0, 0.05) is 59.9 Å². The smallest absolute Gasteiger partial charge is 0.159 e. The Morgan fingerprint density at radius 2 is 0.903 bits per heavy atom. The molecule has 2 heterocycles. The van der Waals surface area contributed by atoms with Crippen molar-refractivity contribution in [1.29, 1.82) is 0 Å². The number of hydrogen-bond acceptors (Lipinski definition) is 4. The van der Waals surface area contributed by atoms with E-state index in [1.165, 1.54) is 42.4 Å². The van der Waals surface area contributed by atoms with Gasteiger partial charge in [-0.15, -0.1) is 11.3 Å². The van der Waals surface area contributed by atoms with Crippen molar-refractivity contribution < 1.29 is 4.74 Å². The van der Waals surface area contributed by atoms with E-state index in [1.54, 1.807) is 0 Å². The highest BCUT2D eigenvalue weighted by molar-refractivity contribution is 7.26. The molecule has 0 N–H and O–H groups in total. The van der Waals surface area contributed by atoms with Crippen LogP contribution >= 0.6 is 11.3 Å². The number of para-hydroxylation sites is 3. The fourth-order valence-electron chi connectivity index (χ4n) is 9.16. The molecular weight excluding hydrogens is 773 g/mol. The van der Waals surface area contributed by atoms with Crippen LogP contribution in [0.15, 0.2) is 231 Å². The molecule has 62 heavy (non-hydrogen) atoms. The number of benzene rings is 10. The molecule has 0 unspecified atom stereocenters. The molecule has 3 nitrogen and oxygen atoms in total. The Kier molecular flexibility index (Phi) is 8.68. The molecule has 1 aliphatic rings. The number of ether oxygens (including phenoxy) is 1. The van der Waals surface area contributed by atoms with E-state index >= 15 is 0 Å². The molecule has 0 fully saturated rings. The number of hydrogen-bond donors (Lipinski definition) is 0. The van der Waals surface area contributed by atoms with Crippen LogP contribution in [0.3, 0.4) is 0 Å². The Balaban J connectivity index is 1.00. The molecule has 0 saturated heterocycles. The molecule has 0 radical (unpaired) electrons. The predicted molar refractivity (Wildman–Crippen MR) is 263 cm³/mol. The van der Waals surface area contributed by atoms with E-state index in [2.05, 4.69) is 240 Å². The van der Waals surface area contributed by atoms with Crippen LogP contribution in [0.5, 0.6) is 11.5 Å². The highest BCUT2D eigenvalue weighted by atomic mass is 32.1. The van der Waals surface area contributed by atoms with Gasteiger partial charge in [0.25, 0.3) is 0 Å². The highest BCUT2D eigenvalue weighted by Gasteiger charge is 2.28. The first kappa shape index (κ1) is 36.0. The van der Waals surface area contributed by atoms with Crippen molar-refractivity contribution in [2.45, 2.75) is 0 Å². The SMILES string of the molecule is c1ccc(-c2ccc(N(c3ccc(-c4cccc5c4sc4ccccc45)cc3)c3cc4c5c(cccc5c3)-c3cccc(N(c5ccccc5)c5ccccc5)c3O4)cc2)cc1. The van der Waals surface area contributed by atoms with Gasteiger partial charge in [-0.2, -0.15) is 0 Å². The lowest BCUT2D eigenvalue weighted by Crippen LogP contribution is -2.13. The zero-order valence-corrected chi connectivity index (χ0v) is 34.5. The molecule has 12 rings (SSSR count). The van der Waals surface area contributed by atoms with Crippen LogP contribution < -0.4 is 14.5 Å². The minimum atomic E-state index is 0.827. The topological polar surface area (TPSA) is 15.7 Å². The molecule has 10 aromatic carbocycles. The molecular formula is C58H38N2OS. The minimum absolute atomic E-state index is 0.827. The van der Waals surface area contributed by atoms with Crippen LogP contribution in [0.25, 0.3) is 64.3 Å². The molecule has 0 amide bonds. The summed E-state index contributed by atoms with van der Waals surface area (Å²) in [5.74, 6) is 1.66. The summed E-state index contributed by atoms with van der Waals surface area (Å²) in [6.45, 7) is 0. The fourth-order valence-corrected chi connectivity index (χ4v) is 10.4. The third kappa shape index (κ3) is 6.11. The maximum atomic E-state index is 7.22. The lowest BCUT2D eigenvalue weighted by molar-refractivity contribution is 0.488. The van der Waals surface area contributed by atoms with E-state index in [-0.39, 0.29) is 0 Å². The van der Waals surface area contributed by atoms with E-state index in [0.717, 1.165) is 67.5 Å². The van der Waals surface area contributed by atoms with Crippen molar-refractivity contribution in [2.24, 2.45) is 0 Å². The van der Waals surface area contributed by atoms with Gasteiger partial charge in [0.05, 0.1) is 11.4 Å². The fraction of sp³-hybridized carbons (Fsp3) is 0. The van der Waals surface area contributed by atoms with E-state index < -0.39 is 0 Å². The van der Waals surface area contributed by atoms with Crippen molar-refractivity contribution in [2.75, 3.05) is 9.80 Å². The Bertz CT molecular complexity index is 3380. The maximum absolute atomic E-state index is 7.22. The molecule has 1 aliphatic heterocycles. The summed E-state index contributed by atoms with van der Waals surface area (Å²) >= 11 is 1.87. The monoisotopic (exact) mass is 810 g/mol. The van der Waals surface area contributed by atoms with E-state index in [0.29, 0.717) is 0 Å². The summed E-state index contributed by atoms with van der Waals surface area (Å²) < 4.78 is 9.84. The summed E-state index contributed by atoms with van der Waals surface area (Å²) in [5, 5.41) is 4.84. The van der Waals surface area contributed by atoms with E-state index in [4.69, 9.17) is 4.74 Å². The number of thiophene rings is 1. The summed E-state index contributed by atoms with van der Waals surface area (Å²) in [6.07, 6.45) is 0. The zero-order valence-electron chi connectivity index (χ0n) is 33.7. The second-order valence-corrected chi connectivity index (χ2v) is 16.7. The summed E-state index contributed by atoms with van der Waals surface area (Å²) in [6, 6.07) is 82.6. The molecule has 4 heteroatoms. The van der Waals surface area contributed by atoms with Gasteiger partial charge in [-0.25, -0.2) is 0 Å². The Hall–Kier alpha value is -7.92. The first-order chi connectivity index (χ1) is 30.7. The Morgan fingerprint density at radius 1 is 0.355 bits per heavy atom. The number of fused-ring (bicyclic) bond motifs is 5. The summed E-state index contributed by atoms with van der Waals surface area (Å²) in [4.78, 5) is 4.64. The van der Waals surface area contributed by atoms with Crippen molar-refractivity contribution in [3.05, 3.63) is 231 Å². The van der Waals surface area contributed by atoms with Crippen LogP contribution in [0.4, 0.5) is 34.1 Å². The average molecular weight is 811 g/mol. The van der Waals surface area contributed by atoms with Crippen molar-refractivity contribution in [1.82, 2.24) is 0 Å². The first-order valence-electron chi connectivity index (χ1n) is 21.0. The standard InChI is InChI=1S/C58H38N2OS/c1-4-15-39(16-5-1)40-29-33-45(34-30-40)59(46-35-31-41(32-36-46)48-23-13-26-52-49-22-10-11-28-55(49)62-58(48)52)47-37-42-17-12-24-50-51-25-14-27-53(57(51)61-54(38-47)56(42)50)60(43-18-6-2-7-19-43)44-20-8-3-9-21-44/h1-38H. The van der Waals surface area contributed by atoms with Crippen molar-refractivity contribution >= 4 is 76.4 Å². The lowest BCUT2D eigenvalue weighted by Gasteiger charge is -2.32. The third-order valence-electron chi connectivity index (χ3n) is 12.0. The van der Waals surface area contributed by atoms with Gasteiger partial charge < -0.3 is 14.5 Å². The molecule has 292 valence electrons. The highest BCUT2D eigenvalue weighted by Crippen LogP contribution is 2.54. The molecule has 0 bridgehead atoms. The van der Waals surface area contributed by atoms with Gasteiger partial charge in [0.15, 0.2) is 5.75 Å². The Labute approximate surface area is 364 Å². The molecule has 0 aliphatic carbocycles. The molecule has 0 spiro atoms. The molecule has 0 saturated carbocycles. The maximum Gasteiger partial charge on any atom is 0.159 e. The van der Waals surface area contributed by atoms with Gasteiger partial charge in [-0.3, -0.25) is 0 Å². The lowest BCUT2D eigenvalue weighted by atomic mass is 9.93. The van der Waals surface area contributed by atoms with Crippen molar-refractivity contribution in [3.63, 3.8) is 0 Å². The van der Waals surface area contributed by atoms with Gasteiger partial charge in [-0.1, -0.05) is 158 Å². The second-order valence-electron chi connectivity index (χ2n) is 15.7. The first-order valence-corrected chi connectivity index (χ1v) is 21.8. The zero-order chi connectivity index (χ0) is 41.0. The number of anilines is 6. The quantitative estimate of drug-likeness (QED) is 0.152. The summed E-state index contributed by atoms with van der Waals surface area (Å²) in [5.41, 5.74) is 13.3. The van der Waals surface area contributed by atoms with E-state index in [9.17, 15) is 0 Å². The van der Waals surface area contributed by atoms with Gasteiger partial charge >= 0.3 is 0 Å². The van der Waals surface area contributed by atoms with Crippen LogP contribution in [0.1, 0.15) is 0 Å².